The van der Waals surface area contributed by atoms with Crippen molar-refractivity contribution in [3.05, 3.63) is 47.1 Å². The molecular weight excluding hydrogens is 352 g/mol. The molecule has 1 aliphatic heterocycles. The second-order valence-corrected chi connectivity index (χ2v) is 6.42. The van der Waals surface area contributed by atoms with Gasteiger partial charge in [-0.1, -0.05) is 22.0 Å². The van der Waals surface area contributed by atoms with E-state index in [9.17, 15) is 4.79 Å². The van der Waals surface area contributed by atoms with E-state index in [-0.39, 0.29) is 11.2 Å². The number of carbonyl (C=O) groups is 1. The third kappa shape index (κ3) is 3.39. The summed E-state index contributed by atoms with van der Waals surface area (Å²) < 4.78 is 6.61. The van der Waals surface area contributed by atoms with Crippen LogP contribution in [0.1, 0.15) is 6.42 Å². The van der Waals surface area contributed by atoms with Gasteiger partial charge in [-0.05, 0) is 24.3 Å². The first-order valence-corrected chi connectivity index (χ1v) is 7.80. The standard InChI is InChI=1S/C15H13BrN2O2S/c16-10-2-1-3-12(6-10)20-14-5-4-11(8-17-14)18-9-13(21)7-15(18)19/h1-6,8,13,21H,7,9H2. The lowest BCUT2D eigenvalue weighted by Crippen LogP contribution is -2.24. The molecule has 2 heterocycles. The Hall–Kier alpha value is -1.53. The lowest BCUT2D eigenvalue weighted by atomic mass is 10.3. The number of nitrogens with zero attached hydrogens (tertiary/aromatic N) is 2. The largest absolute Gasteiger partial charge is 0.439 e. The molecule has 0 saturated carbocycles. The third-order valence-electron chi connectivity index (χ3n) is 3.16. The van der Waals surface area contributed by atoms with Gasteiger partial charge in [-0.3, -0.25) is 4.79 Å². The van der Waals surface area contributed by atoms with Crippen molar-refractivity contribution < 1.29 is 9.53 Å². The summed E-state index contributed by atoms with van der Waals surface area (Å²) in [5, 5.41) is 0.0927. The van der Waals surface area contributed by atoms with Crippen molar-refractivity contribution in [2.24, 2.45) is 0 Å². The summed E-state index contributed by atoms with van der Waals surface area (Å²) in [4.78, 5) is 17.8. The number of ether oxygens (including phenoxy) is 1. The first-order valence-electron chi connectivity index (χ1n) is 6.50. The predicted molar refractivity (Wildman–Crippen MR) is 88.2 cm³/mol. The van der Waals surface area contributed by atoms with Crippen LogP contribution in [0, 0.1) is 0 Å². The predicted octanol–water partition coefficient (Wildman–Crippen LogP) is 3.67. The Morgan fingerprint density at radius 2 is 2.19 bits per heavy atom. The van der Waals surface area contributed by atoms with Crippen LogP contribution in [0.4, 0.5) is 5.69 Å². The zero-order valence-corrected chi connectivity index (χ0v) is 13.5. The Labute approximate surface area is 136 Å². The molecule has 3 rings (SSSR count). The van der Waals surface area contributed by atoms with E-state index in [4.69, 9.17) is 4.74 Å². The molecule has 1 aromatic heterocycles. The SMILES string of the molecule is O=C1CC(S)CN1c1ccc(Oc2cccc(Br)c2)nc1. The van der Waals surface area contributed by atoms with Crippen LogP contribution in [0.2, 0.25) is 0 Å². The third-order valence-corrected chi connectivity index (χ3v) is 3.99. The molecule has 108 valence electrons. The number of amides is 1. The van der Waals surface area contributed by atoms with Gasteiger partial charge in [0.25, 0.3) is 0 Å². The maximum atomic E-state index is 11.8. The lowest BCUT2D eigenvalue weighted by Gasteiger charge is -2.15. The van der Waals surface area contributed by atoms with Crippen molar-refractivity contribution in [2.45, 2.75) is 11.7 Å². The summed E-state index contributed by atoms with van der Waals surface area (Å²) in [6.07, 6.45) is 2.12. The van der Waals surface area contributed by atoms with Crippen LogP contribution in [0.25, 0.3) is 0 Å². The van der Waals surface area contributed by atoms with Gasteiger partial charge in [0, 0.05) is 28.8 Å². The van der Waals surface area contributed by atoms with E-state index < -0.39 is 0 Å². The maximum absolute atomic E-state index is 11.8. The fraction of sp³-hybridized carbons (Fsp3) is 0.200. The number of hydrogen-bond acceptors (Lipinski definition) is 4. The quantitative estimate of drug-likeness (QED) is 0.844. The van der Waals surface area contributed by atoms with Gasteiger partial charge in [0.1, 0.15) is 5.75 Å². The van der Waals surface area contributed by atoms with Crippen molar-refractivity contribution in [2.75, 3.05) is 11.4 Å². The lowest BCUT2D eigenvalue weighted by molar-refractivity contribution is -0.117. The first-order chi connectivity index (χ1) is 10.1. The summed E-state index contributed by atoms with van der Waals surface area (Å²) >= 11 is 7.74. The number of rotatable bonds is 3. The molecule has 1 atom stereocenters. The van der Waals surface area contributed by atoms with Crippen LogP contribution >= 0.6 is 28.6 Å². The highest BCUT2D eigenvalue weighted by atomic mass is 79.9. The van der Waals surface area contributed by atoms with Gasteiger partial charge in [-0.2, -0.15) is 12.6 Å². The minimum absolute atomic E-state index is 0.0810. The minimum Gasteiger partial charge on any atom is -0.439 e. The van der Waals surface area contributed by atoms with Crippen molar-refractivity contribution in [1.29, 1.82) is 0 Å². The molecule has 1 aromatic carbocycles. The molecule has 0 bridgehead atoms. The van der Waals surface area contributed by atoms with E-state index >= 15 is 0 Å². The second kappa shape index (κ2) is 6.07. The molecule has 1 unspecified atom stereocenters. The summed E-state index contributed by atoms with van der Waals surface area (Å²) in [7, 11) is 0. The van der Waals surface area contributed by atoms with E-state index in [1.165, 1.54) is 0 Å². The van der Waals surface area contributed by atoms with Gasteiger partial charge in [0.2, 0.25) is 11.8 Å². The van der Waals surface area contributed by atoms with Crippen molar-refractivity contribution in [3.8, 4) is 11.6 Å². The number of carbonyl (C=O) groups excluding carboxylic acids is 1. The number of benzene rings is 1. The Morgan fingerprint density at radius 3 is 2.81 bits per heavy atom. The van der Waals surface area contributed by atoms with Gasteiger partial charge in [0.05, 0.1) is 11.9 Å². The number of thiol groups is 1. The number of anilines is 1. The molecule has 6 heteroatoms. The maximum Gasteiger partial charge on any atom is 0.228 e. The minimum atomic E-state index is 0.0810. The van der Waals surface area contributed by atoms with E-state index in [2.05, 4.69) is 33.5 Å². The van der Waals surface area contributed by atoms with Crippen molar-refractivity contribution in [1.82, 2.24) is 4.98 Å². The van der Waals surface area contributed by atoms with Gasteiger partial charge >= 0.3 is 0 Å². The molecule has 21 heavy (non-hydrogen) atoms. The van der Waals surface area contributed by atoms with E-state index in [0.29, 0.717) is 24.6 Å². The molecule has 1 fully saturated rings. The monoisotopic (exact) mass is 364 g/mol. The van der Waals surface area contributed by atoms with Crippen molar-refractivity contribution in [3.63, 3.8) is 0 Å². The average Bonchev–Trinajstić information content (AvgIpc) is 2.79. The molecule has 2 aromatic rings. The molecule has 0 aliphatic carbocycles. The average molecular weight is 365 g/mol. The van der Waals surface area contributed by atoms with Crippen LogP contribution in [0.5, 0.6) is 11.6 Å². The van der Waals surface area contributed by atoms with Crippen LogP contribution in [0.3, 0.4) is 0 Å². The summed E-state index contributed by atoms with van der Waals surface area (Å²) in [5.41, 5.74) is 0.776. The Bertz CT molecular complexity index is 663. The van der Waals surface area contributed by atoms with Crippen LogP contribution in [-0.2, 0) is 4.79 Å². The van der Waals surface area contributed by atoms with E-state index in [0.717, 1.165) is 10.2 Å². The molecule has 1 amide bonds. The molecule has 0 spiro atoms. The summed E-state index contributed by atoms with van der Waals surface area (Å²) in [6, 6.07) is 11.1. The Balaban J connectivity index is 1.74. The molecule has 4 nitrogen and oxygen atoms in total. The van der Waals surface area contributed by atoms with E-state index in [1.54, 1.807) is 17.2 Å². The van der Waals surface area contributed by atoms with Gasteiger partial charge in [0.15, 0.2) is 0 Å². The highest BCUT2D eigenvalue weighted by molar-refractivity contribution is 9.10. The molecule has 0 radical (unpaired) electrons. The van der Waals surface area contributed by atoms with Crippen LogP contribution in [-0.4, -0.2) is 22.7 Å². The molecule has 1 saturated heterocycles. The summed E-state index contributed by atoms with van der Waals surface area (Å²) in [6.45, 7) is 0.620. The van der Waals surface area contributed by atoms with Gasteiger partial charge in [-0.15, -0.1) is 0 Å². The fourth-order valence-corrected chi connectivity index (χ4v) is 2.88. The number of hydrogen-bond donors (Lipinski definition) is 1. The Kier molecular flexibility index (Phi) is 4.17. The molecular formula is C15H13BrN2O2S. The number of pyridine rings is 1. The van der Waals surface area contributed by atoms with Crippen LogP contribution in [0.15, 0.2) is 47.1 Å². The normalized spacial score (nSPS) is 18.1. The zero-order valence-electron chi connectivity index (χ0n) is 11.1. The topological polar surface area (TPSA) is 42.4 Å². The highest BCUT2D eigenvalue weighted by Gasteiger charge is 2.28. The molecule has 0 N–H and O–H groups in total. The first kappa shape index (κ1) is 14.4. The highest BCUT2D eigenvalue weighted by Crippen LogP contribution is 2.27. The summed E-state index contributed by atoms with van der Waals surface area (Å²) in [5.74, 6) is 1.28. The van der Waals surface area contributed by atoms with Gasteiger partial charge < -0.3 is 9.64 Å². The fourth-order valence-electron chi connectivity index (χ4n) is 2.18. The van der Waals surface area contributed by atoms with Crippen molar-refractivity contribution >= 4 is 40.2 Å². The zero-order chi connectivity index (χ0) is 14.8. The smallest absolute Gasteiger partial charge is 0.228 e. The molecule has 1 aliphatic rings. The second-order valence-electron chi connectivity index (χ2n) is 4.78. The number of aromatic nitrogens is 1. The van der Waals surface area contributed by atoms with Gasteiger partial charge in [-0.25, -0.2) is 4.98 Å². The number of halogens is 1. The Morgan fingerprint density at radius 1 is 1.33 bits per heavy atom. The van der Waals surface area contributed by atoms with Crippen LogP contribution < -0.4 is 9.64 Å². The van der Waals surface area contributed by atoms with E-state index in [1.807, 2.05) is 30.3 Å².